The van der Waals surface area contributed by atoms with Crippen LogP contribution in [0.15, 0.2) is 23.7 Å². The Balaban J connectivity index is 0.00000109. The van der Waals surface area contributed by atoms with Crippen LogP contribution in [0, 0.1) is 0 Å². The Bertz CT molecular complexity index is 692. The van der Waals surface area contributed by atoms with Gasteiger partial charge >= 0.3 is 0 Å². The Morgan fingerprint density at radius 1 is 1.20 bits per heavy atom. The number of aromatic nitrogens is 2. The zero-order valence-electron chi connectivity index (χ0n) is 13.9. The molecule has 3 heterocycles. The summed E-state index contributed by atoms with van der Waals surface area (Å²) in [6, 6.07) is 3.53. The molecule has 1 saturated heterocycles. The van der Waals surface area contributed by atoms with E-state index >= 15 is 0 Å². The van der Waals surface area contributed by atoms with Gasteiger partial charge in [-0.2, -0.15) is 4.98 Å². The molecule has 1 aliphatic heterocycles. The van der Waals surface area contributed by atoms with Crippen LogP contribution in [0.2, 0.25) is 0 Å². The first-order valence-corrected chi connectivity index (χ1v) is 8.64. The van der Waals surface area contributed by atoms with Crippen molar-refractivity contribution in [2.24, 2.45) is 0 Å². The van der Waals surface area contributed by atoms with Gasteiger partial charge in [0.15, 0.2) is 0 Å². The second-order valence-corrected chi connectivity index (χ2v) is 5.91. The molecule has 1 fully saturated rings. The van der Waals surface area contributed by atoms with Gasteiger partial charge in [-0.15, -0.1) is 11.3 Å². The van der Waals surface area contributed by atoms with Crippen LogP contribution in [0.1, 0.15) is 9.67 Å². The Hall–Kier alpha value is -2.10. The smallest absolute Gasteiger partial charge is 0.267 e. The van der Waals surface area contributed by atoms with Crippen LogP contribution in [0.25, 0.3) is 0 Å². The minimum atomic E-state index is 0.0167. The second kappa shape index (κ2) is 9.40. The number of thiophene rings is 1. The van der Waals surface area contributed by atoms with E-state index in [0.717, 1.165) is 0 Å². The lowest BCUT2D eigenvalue weighted by Crippen LogP contribution is -2.49. The first-order chi connectivity index (χ1) is 12.2. The number of methoxy groups -OCH3 is 2. The fraction of sp³-hybridized carbons (Fsp3) is 0.400. The van der Waals surface area contributed by atoms with E-state index in [1.165, 1.54) is 11.3 Å². The SMILES string of the molecule is COc1ccnc(N2CCN(C(=O)c3sccc3OC)CC2)n1.OCl. The largest absolute Gasteiger partial charge is 0.495 e. The van der Waals surface area contributed by atoms with Crippen LogP contribution < -0.4 is 14.4 Å². The molecular formula is C15H19ClN4O4S. The monoisotopic (exact) mass is 386 g/mol. The van der Waals surface area contributed by atoms with Crippen molar-refractivity contribution in [2.45, 2.75) is 0 Å². The quantitative estimate of drug-likeness (QED) is 0.854. The van der Waals surface area contributed by atoms with E-state index in [0.29, 0.717) is 48.6 Å². The number of hydrogen-bond donors (Lipinski definition) is 1. The van der Waals surface area contributed by atoms with Crippen LogP contribution in [0.3, 0.4) is 0 Å². The lowest BCUT2D eigenvalue weighted by molar-refractivity contribution is 0.0748. The third kappa shape index (κ3) is 4.50. The zero-order valence-corrected chi connectivity index (χ0v) is 15.5. The van der Waals surface area contributed by atoms with Crippen LogP contribution in [-0.2, 0) is 0 Å². The Morgan fingerprint density at radius 2 is 1.92 bits per heavy atom. The van der Waals surface area contributed by atoms with Gasteiger partial charge in [0, 0.05) is 38.4 Å². The van der Waals surface area contributed by atoms with Gasteiger partial charge in [-0.05, 0) is 11.4 Å². The summed E-state index contributed by atoms with van der Waals surface area (Å²) in [7, 11) is 3.16. The van der Waals surface area contributed by atoms with Gasteiger partial charge in [0.1, 0.15) is 10.6 Å². The summed E-state index contributed by atoms with van der Waals surface area (Å²) in [4.78, 5) is 25.7. The van der Waals surface area contributed by atoms with E-state index in [1.807, 2.05) is 16.3 Å². The first-order valence-electron chi connectivity index (χ1n) is 7.42. The molecule has 2 aromatic heterocycles. The third-order valence-electron chi connectivity index (χ3n) is 3.72. The van der Waals surface area contributed by atoms with E-state index in [2.05, 4.69) is 26.7 Å². The van der Waals surface area contributed by atoms with Gasteiger partial charge in [-0.25, -0.2) is 4.98 Å². The Morgan fingerprint density at radius 3 is 2.56 bits per heavy atom. The molecule has 2 aromatic rings. The topological polar surface area (TPSA) is 88.0 Å². The van der Waals surface area contributed by atoms with Crippen molar-refractivity contribution < 1.29 is 18.9 Å². The number of piperazine rings is 1. The molecule has 1 N–H and O–H groups in total. The molecule has 0 aromatic carbocycles. The second-order valence-electron chi connectivity index (χ2n) is 5.00. The van der Waals surface area contributed by atoms with Crippen LogP contribution in [0.5, 0.6) is 11.6 Å². The number of carbonyl (C=O) groups is 1. The van der Waals surface area contributed by atoms with Crippen molar-refractivity contribution in [3.63, 3.8) is 0 Å². The van der Waals surface area contributed by atoms with E-state index < -0.39 is 0 Å². The molecule has 0 spiro atoms. The van der Waals surface area contributed by atoms with E-state index in [1.54, 1.807) is 26.5 Å². The summed E-state index contributed by atoms with van der Waals surface area (Å²) in [5.74, 6) is 1.82. The predicted octanol–water partition coefficient (Wildman–Crippen LogP) is 1.65. The van der Waals surface area contributed by atoms with Crippen molar-refractivity contribution in [3.8, 4) is 11.6 Å². The average Bonchev–Trinajstić information content (AvgIpc) is 3.18. The lowest BCUT2D eigenvalue weighted by atomic mass is 10.3. The average molecular weight is 387 g/mol. The molecule has 0 atom stereocenters. The summed E-state index contributed by atoms with van der Waals surface area (Å²) in [5, 5.41) is 1.87. The van der Waals surface area contributed by atoms with Gasteiger partial charge < -0.3 is 19.3 Å². The fourth-order valence-electron chi connectivity index (χ4n) is 2.47. The third-order valence-corrected chi connectivity index (χ3v) is 4.60. The number of rotatable bonds is 4. The number of amides is 1. The normalized spacial score (nSPS) is 13.8. The lowest BCUT2D eigenvalue weighted by Gasteiger charge is -2.34. The number of nitrogens with zero attached hydrogens (tertiary/aromatic N) is 4. The van der Waals surface area contributed by atoms with Crippen LogP contribution >= 0.6 is 23.2 Å². The minimum absolute atomic E-state index is 0.0167. The highest BCUT2D eigenvalue weighted by Gasteiger charge is 2.26. The molecular weight excluding hydrogens is 368 g/mol. The Kier molecular flexibility index (Phi) is 7.23. The molecule has 25 heavy (non-hydrogen) atoms. The molecule has 0 aliphatic carbocycles. The molecule has 136 valence electrons. The maximum absolute atomic E-state index is 12.6. The van der Waals surface area contributed by atoms with Crippen LogP contribution in [0.4, 0.5) is 5.95 Å². The first kappa shape index (κ1) is 19.2. The van der Waals surface area contributed by atoms with Gasteiger partial charge in [-0.3, -0.25) is 9.45 Å². The minimum Gasteiger partial charge on any atom is -0.495 e. The summed E-state index contributed by atoms with van der Waals surface area (Å²) in [6.45, 7) is 2.63. The zero-order chi connectivity index (χ0) is 18.2. The fourth-order valence-corrected chi connectivity index (χ4v) is 3.29. The van der Waals surface area contributed by atoms with Crippen molar-refractivity contribution in [1.29, 1.82) is 0 Å². The summed E-state index contributed by atoms with van der Waals surface area (Å²) in [5.41, 5.74) is 0. The molecule has 0 unspecified atom stereocenters. The molecule has 0 radical (unpaired) electrons. The molecule has 10 heteroatoms. The van der Waals surface area contributed by atoms with E-state index in [-0.39, 0.29) is 5.91 Å². The molecule has 1 aliphatic rings. The maximum Gasteiger partial charge on any atom is 0.267 e. The number of ether oxygens (including phenoxy) is 2. The number of anilines is 1. The Labute approximate surface area is 154 Å². The van der Waals surface area contributed by atoms with Gasteiger partial charge in [0.25, 0.3) is 5.91 Å². The highest BCUT2D eigenvalue weighted by molar-refractivity contribution is 7.12. The van der Waals surface area contributed by atoms with Crippen molar-refractivity contribution in [3.05, 3.63) is 28.6 Å². The number of halogens is 1. The van der Waals surface area contributed by atoms with Crippen LogP contribution in [-0.4, -0.2) is 65.8 Å². The number of hydrogen-bond acceptors (Lipinski definition) is 8. The molecule has 1 amide bonds. The van der Waals surface area contributed by atoms with Gasteiger partial charge in [0.05, 0.1) is 26.1 Å². The summed E-state index contributed by atoms with van der Waals surface area (Å²) in [6.07, 6.45) is 1.68. The maximum atomic E-state index is 12.6. The van der Waals surface area contributed by atoms with E-state index in [9.17, 15) is 4.79 Å². The van der Waals surface area contributed by atoms with E-state index in [4.69, 9.17) is 14.1 Å². The molecule has 0 saturated carbocycles. The van der Waals surface area contributed by atoms with Crippen molar-refractivity contribution in [1.82, 2.24) is 14.9 Å². The molecule has 8 nitrogen and oxygen atoms in total. The van der Waals surface area contributed by atoms with Crippen molar-refractivity contribution in [2.75, 3.05) is 45.3 Å². The molecule has 0 bridgehead atoms. The van der Waals surface area contributed by atoms with Crippen molar-refractivity contribution >= 4 is 35.1 Å². The highest BCUT2D eigenvalue weighted by Crippen LogP contribution is 2.26. The summed E-state index contributed by atoms with van der Waals surface area (Å²) < 4.78 is 16.8. The number of carbonyl (C=O) groups excluding carboxylic acids is 1. The molecule has 3 rings (SSSR count). The predicted molar refractivity (Wildman–Crippen MR) is 95.6 cm³/mol. The summed E-state index contributed by atoms with van der Waals surface area (Å²) >= 11 is 5.05. The van der Waals surface area contributed by atoms with Gasteiger partial charge in [-0.1, -0.05) is 0 Å². The highest BCUT2D eigenvalue weighted by atomic mass is 35.5. The standard InChI is InChI=1S/C15H18N4O3S.ClHO/c1-21-11-4-10-23-13(11)14(20)18-6-8-19(9-7-18)15-16-5-3-12(17-15)22-2;1-2/h3-5,10H,6-9H2,1-2H3;2H. The van der Waals surface area contributed by atoms with Gasteiger partial charge in [0.2, 0.25) is 11.8 Å².